The first-order valence-corrected chi connectivity index (χ1v) is 5.64. The molecule has 0 heterocycles. The molecule has 0 fully saturated rings. The van der Waals surface area contributed by atoms with Crippen molar-refractivity contribution in [1.82, 2.24) is 0 Å². The van der Waals surface area contributed by atoms with E-state index >= 15 is 0 Å². The van der Waals surface area contributed by atoms with Crippen LogP contribution in [0.15, 0.2) is 30.3 Å². The molecular weight excluding hydrogens is 264 g/mol. The van der Waals surface area contributed by atoms with Crippen LogP contribution in [0, 0.1) is 0 Å². The summed E-state index contributed by atoms with van der Waals surface area (Å²) in [6.45, 7) is 0.0263. The Bertz CT molecular complexity index is 411. The first-order valence-electron chi connectivity index (χ1n) is 5.64. The molecule has 0 saturated heterocycles. The van der Waals surface area contributed by atoms with Gasteiger partial charge in [-0.3, -0.25) is 4.79 Å². The third-order valence-corrected chi connectivity index (χ3v) is 2.46. The van der Waals surface area contributed by atoms with Crippen molar-refractivity contribution in [1.29, 1.82) is 0 Å². The first kappa shape index (κ1) is 15.4. The predicted molar refractivity (Wildman–Crippen MR) is 63.4 cm³/mol. The molecule has 1 rings (SSSR count). The average Bonchev–Trinajstić information content (AvgIpc) is 2.40. The van der Waals surface area contributed by atoms with Crippen molar-refractivity contribution in [2.45, 2.75) is 18.8 Å². The van der Waals surface area contributed by atoms with Gasteiger partial charge in [-0.1, -0.05) is 18.2 Å². The Labute approximate surface area is 108 Å². The molecule has 0 atom stereocenters. The van der Waals surface area contributed by atoms with E-state index < -0.39 is 18.3 Å². The zero-order valence-corrected chi connectivity index (χ0v) is 10.0. The summed E-state index contributed by atoms with van der Waals surface area (Å²) >= 11 is 0. The lowest BCUT2D eigenvalue weighted by Crippen LogP contribution is -2.48. The van der Waals surface area contributed by atoms with Gasteiger partial charge in [0, 0.05) is 12.2 Å². The number of alkyl halides is 4. The predicted octanol–water partition coefficient (Wildman–Crippen LogP) is 2.27. The van der Waals surface area contributed by atoms with Gasteiger partial charge in [0.25, 0.3) is 0 Å². The van der Waals surface area contributed by atoms with Gasteiger partial charge in [-0.25, -0.2) is 8.78 Å². The zero-order chi connectivity index (χ0) is 14.5. The molecule has 1 aromatic rings. The molecule has 0 spiro atoms. The van der Waals surface area contributed by atoms with Crippen LogP contribution in [0.2, 0.25) is 0 Å². The first-order chi connectivity index (χ1) is 8.91. The molecule has 0 radical (unpaired) electrons. The summed E-state index contributed by atoms with van der Waals surface area (Å²) in [6, 6.07) is 7.48. The summed E-state index contributed by atoms with van der Waals surface area (Å²) in [5.41, 5.74) is 5.39. The summed E-state index contributed by atoms with van der Waals surface area (Å²) in [5, 5.41) is 0. The van der Waals surface area contributed by atoms with E-state index in [0.29, 0.717) is 4.90 Å². The minimum absolute atomic E-state index is 0.137. The van der Waals surface area contributed by atoms with Crippen LogP contribution in [0.3, 0.4) is 0 Å². The maximum Gasteiger partial charge on any atom is 0.384 e. The highest BCUT2D eigenvalue weighted by atomic mass is 19.3. The fraction of sp³-hybridized carbons (Fsp3) is 0.417. The van der Waals surface area contributed by atoms with Gasteiger partial charge in [-0.05, 0) is 25.1 Å². The van der Waals surface area contributed by atoms with E-state index in [0.717, 1.165) is 0 Å². The van der Waals surface area contributed by atoms with Crippen molar-refractivity contribution < 1.29 is 22.4 Å². The van der Waals surface area contributed by atoms with Gasteiger partial charge in [-0.15, -0.1) is 0 Å². The molecule has 2 N–H and O–H groups in total. The number of amides is 1. The second-order valence-corrected chi connectivity index (χ2v) is 3.86. The quantitative estimate of drug-likeness (QED) is 0.811. The van der Waals surface area contributed by atoms with Crippen LogP contribution < -0.4 is 10.6 Å². The Kier molecular flexibility index (Phi) is 5.29. The topological polar surface area (TPSA) is 46.3 Å². The Morgan fingerprint density at radius 2 is 1.84 bits per heavy atom. The van der Waals surface area contributed by atoms with Crippen molar-refractivity contribution >= 4 is 11.6 Å². The number of nitrogens with two attached hydrogens (primary N) is 1. The number of hydrogen-bond acceptors (Lipinski definition) is 2. The van der Waals surface area contributed by atoms with Crippen LogP contribution in [0.5, 0.6) is 0 Å². The highest BCUT2D eigenvalue weighted by Gasteiger charge is 2.51. The van der Waals surface area contributed by atoms with E-state index in [2.05, 4.69) is 0 Å². The Morgan fingerprint density at radius 1 is 1.26 bits per heavy atom. The fourth-order valence-electron chi connectivity index (χ4n) is 1.48. The molecule has 19 heavy (non-hydrogen) atoms. The third kappa shape index (κ3) is 3.66. The van der Waals surface area contributed by atoms with Crippen LogP contribution in [0.4, 0.5) is 23.2 Å². The highest BCUT2D eigenvalue weighted by molar-refractivity contribution is 5.98. The Hall–Kier alpha value is -1.63. The van der Waals surface area contributed by atoms with E-state index in [1.165, 1.54) is 24.3 Å². The molecule has 7 heteroatoms. The number of halogens is 4. The van der Waals surface area contributed by atoms with Crippen LogP contribution in [-0.4, -0.2) is 31.3 Å². The van der Waals surface area contributed by atoms with Gasteiger partial charge >= 0.3 is 18.3 Å². The maximum absolute atomic E-state index is 13.1. The SMILES string of the molecule is NCCCN(C(=O)C(F)(F)C(F)F)c1ccccc1. The van der Waals surface area contributed by atoms with Crippen LogP contribution in [0.1, 0.15) is 6.42 Å². The Balaban J connectivity index is 3.01. The minimum Gasteiger partial charge on any atom is -0.330 e. The van der Waals surface area contributed by atoms with Gasteiger partial charge < -0.3 is 10.6 Å². The largest absolute Gasteiger partial charge is 0.384 e. The van der Waals surface area contributed by atoms with Crippen molar-refractivity contribution in [3.8, 4) is 0 Å². The fourth-order valence-corrected chi connectivity index (χ4v) is 1.48. The van der Waals surface area contributed by atoms with Crippen molar-refractivity contribution in [3.63, 3.8) is 0 Å². The smallest absolute Gasteiger partial charge is 0.330 e. The van der Waals surface area contributed by atoms with E-state index in [1.807, 2.05) is 0 Å². The normalized spacial score (nSPS) is 11.7. The van der Waals surface area contributed by atoms with Gasteiger partial charge in [0.2, 0.25) is 0 Å². The van der Waals surface area contributed by atoms with Crippen LogP contribution in [0.25, 0.3) is 0 Å². The van der Waals surface area contributed by atoms with Gasteiger partial charge in [0.1, 0.15) is 0 Å². The third-order valence-electron chi connectivity index (χ3n) is 2.46. The van der Waals surface area contributed by atoms with Gasteiger partial charge in [0.15, 0.2) is 0 Å². The second-order valence-electron chi connectivity index (χ2n) is 3.86. The highest BCUT2D eigenvalue weighted by Crippen LogP contribution is 2.28. The molecule has 0 aliphatic heterocycles. The monoisotopic (exact) mass is 278 g/mol. The molecule has 0 saturated carbocycles. The number of benzene rings is 1. The zero-order valence-electron chi connectivity index (χ0n) is 10.0. The number of carbonyl (C=O) groups excluding carboxylic acids is 1. The average molecular weight is 278 g/mol. The number of hydrogen-bond donors (Lipinski definition) is 1. The lowest BCUT2D eigenvalue weighted by atomic mass is 10.2. The van der Waals surface area contributed by atoms with Crippen LogP contribution in [-0.2, 0) is 4.79 Å². The van der Waals surface area contributed by atoms with Crippen molar-refractivity contribution in [2.75, 3.05) is 18.0 Å². The summed E-state index contributed by atoms with van der Waals surface area (Å²) in [6.07, 6.45) is -3.80. The number of anilines is 1. The van der Waals surface area contributed by atoms with Gasteiger partial charge in [0.05, 0.1) is 0 Å². The standard InChI is InChI=1S/C12H14F4N2O/c13-10(14)12(15,16)11(19)18(8-4-7-17)9-5-2-1-3-6-9/h1-3,5-6,10H,4,7-8,17H2. The molecule has 1 amide bonds. The van der Waals surface area contributed by atoms with E-state index in [9.17, 15) is 22.4 Å². The number of carbonyl (C=O) groups is 1. The summed E-state index contributed by atoms with van der Waals surface area (Å²) in [5.74, 6) is -6.62. The lowest BCUT2D eigenvalue weighted by Gasteiger charge is -2.26. The second kappa shape index (κ2) is 6.51. The molecule has 0 aliphatic rings. The van der Waals surface area contributed by atoms with Gasteiger partial charge in [-0.2, -0.15) is 8.78 Å². The minimum atomic E-state index is -4.70. The van der Waals surface area contributed by atoms with Crippen LogP contribution >= 0.6 is 0 Å². The maximum atomic E-state index is 13.1. The number of rotatable bonds is 6. The van der Waals surface area contributed by atoms with E-state index in [4.69, 9.17) is 5.73 Å². The molecule has 1 aromatic carbocycles. The number of nitrogens with zero attached hydrogens (tertiary/aromatic N) is 1. The van der Waals surface area contributed by atoms with E-state index in [1.54, 1.807) is 6.07 Å². The Morgan fingerprint density at radius 3 is 2.32 bits per heavy atom. The molecular formula is C12H14F4N2O. The van der Waals surface area contributed by atoms with Crippen molar-refractivity contribution in [2.24, 2.45) is 5.73 Å². The van der Waals surface area contributed by atoms with Crippen molar-refractivity contribution in [3.05, 3.63) is 30.3 Å². The molecule has 0 aliphatic carbocycles. The summed E-state index contributed by atoms with van der Waals surface area (Å²) in [7, 11) is 0. The number of para-hydroxylation sites is 1. The molecule has 0 aromatic heterocycles. The van der Waals surface area contributed by atoms with E-state index in [-0.39, 0.29) is 25.2 Å². The molecule has 3 nitrogen and oxygen atoms in total. The summed E-state index contributed by atoms with van der Waals surface area (Å²) < 4.78 is 50.7. The molecule has 106 valence electrons. The molecule has 0 unspecified atom stereocenters. The molecule has 0 bridgehead atoms. The lowest BCUT2D eigenvalue weighted by molar-refractivity contribution is -0.166. The summed E-state index contributed by atoms with van der Waals surface area (Å²) in [4.78, 5) is 12.2.